The molecule has 21 heavy (non-hydrogen) atoms. The number of hydrogen-bond donors (Lipinski definition) is 2. The number of H-pyrrole nitrogens is 1. The first-order valence-corrected chi connectivity index (χ1v) is 6.59. The molecule has 0 saturated carbocycles. The normalized spacial score (nSPS) is 10.3. The standard InChI is InChI=1S/C14H16N4O3/c1-10-4-5-11(18(20)21)9-12(10)14(19)17-6-2-3-13-15-7-8-16-13/h4-5,7-9H,2-3,6H2,1H3,(H,15,16)(H,17,19). The Labute approximate surface area is 121 Å². The molecule has 0 atom stereocenters. The van der Waals surface area contributed by atoms with E-state index in [0.29, 0.717) is 17.7 Å². The van der Waals surface area contributed by atoms with Gasteiger partial charge < -0.3 is 10.3 Å². The average Bonchev–Trinajstić information content (AvgIpc) is 2.96. The number of nitrogens with zero attached hydrogens (tertiary/aromatic N) is 2. The van der Waals surface area contributed by atoms with Gasteiger partial charge in [0.25, 0.3) is 11.6 Å². The van der Waals surface area contributed by atoms with Crippen molar-refractivity contribution in [2.45, 2.75) is 19.8 Å². The van der Waals surface area contributed by atoms with Gasteiger partial charge in [0.15, 0.2) is 0 Å². The van der Waals surface area contributed by atoms with Gasteiger partial charge in [-0.05, 0) is 18.9 Å². The Morgan fingerprint density at radius 2 is 2.29 bits per heavy atom. The molecule has 0 fully saturated rings. The highest BCUT2D eigenvalue weighted by molar-refractivity contribution is 5.96. The summed E-state index contributed by atoms with van der Waals surface area (Å²) in [5, 5.41) is 13.5. The van der Waals surface area contributed by atoms with Crippen LogP contribution in [-0.4, -0.2) is 27.3 Å². The molecule has 2 N–H and O–H groups in total. The summed E-state index contributed by atoms with van der Waals surface area (Å²) in [5.41, 5.74) is 0.965. The van der Waals surface area contributed by atoms with Crippen LogP contribution in [0, 0.1) is 17.0 Å². The predicted molar refractivity (Wildman–Crippen MR) is 77.1 cm³/mol. The maximum Gasteiger partial charge on any atom is 0.270 e. The van der Waals surface area contributed by atoms with E-state index in [1.54, 1.807) is 25.4 Å². The Hall–Kier alpha value is -2.70. The number of benzene rings is 1. The summed E-state index contributed by atoms with van der Waals surface area (Å²) >= 11 is 0. The number of aromatic nitrogens is 2. The Bertz CT molecular complexity index is 638. The largest absolute Gasteiger partial charge is 0.352 e. The minimum Gasteiger partial charge on any atom is -0.352 e. The number of hydrogen-bond acceptors (Lipinski definition) is 4. The highest BCUT2D eigenvalue weighted by Gasteiger charge is 2.14. The number of nitro groups is 1. The van der Waals surface area contributed by atoms with E-state index in [2.05, 4.69) is 15.3 Å². The second kappa shape index (κ2) is 6.65. The Morgan fingerprint density at radius 3 is 2.95 bits per heavy atom. The number of aromatic amines is 1. The van der Waals surface area contributed by atoms with Crippen LogP contribution in [0.1, 0.15) is 28.2 Å². The van der Waals surface area contributed by atoms with Crippen molar-refractivity contribution in [2.24, 2.45) is 0 Å². The van der Waals surface area contributed by atoms with Gasteiger partial charge in [0.05, 0.1) is 4.92 Å². The molecule has 2 rings (SSSR count). The summed E-state index contributed by atoms with van der Waals surface area (Å²) in [6.07, 6.45) is 4.91. The lowest BCUT2D eigenvalue weighted by Gasteiger charge is -2.07. The number of non-ortho nitro benzene ring substituents is 1. The molecule has 110 valence electrons. The van der Waals surface area contributed by atoms with Gasteiger partial charge in [-0.1, -0.05) is 6.07 Å². The Balaban J connectivity index is 1.90. The zero-order valence-corrected chi connectivity index (χ0v) is 11.6. The molecular formula is C14H16N4O3. The van der Waals surface area contributed by atoms with E-state index < -0.39 is 4.92 Å². The third-order valence-electron chi connectivity index (χ3n) is 3.11. The van der Waals surface area contributed by atoms with Crippen LogP contribution in [0.15, 0.2) is 30.6 Å². The van der Waals surface area contributed by atoms with Crippen LogP contribution >= 0.6 is 0 Å². The summed E-state index contributed by atoms with van der Waals surface area (Å²) < 4.78 is 0. The molecule has 0 radical (unpaired) electrons. The fourth-order valence-electron chi connectivity index (χ4n) is 1.96. The second-order valence-electron chi connectivity index (χ2n) is 4.65. The number of imidazole rings is 1. The second-order valence-corrected chi connectivity index (χ2v) is 4.65. The van der Waals surface area contributed by atoms with Crippen molar-refractivity contribution >= 4 is 11.6 Å². The topological polar surface area (TPSA) is 101 Å². The van der Waals surface area contributed by atoms with Crippen molar-refractivity contribution in [1.29, 1.82) is 0 Å². The van der Waals surface area contributed by atoms with Crippen LogP contribution in [-0.2, 0) is 6.42 Å². The lowest BCUT2D eigenvalue weighted by molar-refractivity contribution is -0.384. The summed E-state index contributed by atoms with van der Waals surface area (Å²) in [4.78, 5) is 29.4. The van der Waals surface area contributed by atoms with Gasteiger partial charge in [-0.15, -0.1) is 0 Å². The number of aryl methyl sites for hydroxylation is 2. The molecular weight excluding hydrogens is 272 g/mol. The minimum absolute atomic E-state index is 0.0821. The van der Waals surface area contributed by atoms with Crippen molar-refractivity contribution in [3.05, 3.63) is 57.7 Å². The van der Waals surface area contributed by atoms with Crippen molar-refractivity contribution in [2.75, 3.05) is 6.54 Å². The smallest absolute Gasteiger partial charge is 0.270 e. The molecule has 1 aromatic heterocycles. The van der Waals surface area contributed by atoms with Crippen LogP contribution in [0.4, 0.5) is 5.69 Å². The lowest BCUT2D eigenvalue weighted by atomic mass is 10.1. The number of carbonyl (C=O) groups is 1. The van der Waals surface area contributed by atoms with E-state index >= 15 is 0 Å². The number of carbonyl (C=O) groups excluding carboxylic acids is 1. The summed E-state index contributed by atoms with van der Waals surface area (Å²) in [7, 11) is 0. The minimum atomic E-state index is -0.507. The summed E-state index contributed by atoms with van der Waals surface area (Å²) in [5.74, 6) is 0.575. The van der Waals surface area contributed by atoms with Crippen molar-refractivity contribution < 1.29 is 9.72 Å². The van der Waals surface area contributed by atoms with Crippen molar-refractivity contribution in [3.63, 3.8) is 0 Å². The van der Waals surface area contributed by atoms with E-state index in [1.165, 1.54) is 12.1 Å². The van der Waals surface area contributed by atoms with Crippen LogP contribution in [0.25, 0.3) is 0 Å². The molecule has 1 amide bonds. The summed E-state index contributed by atoms with van der Waals surface area (Å²) in [6, 6.07) is 4.27. The fourth-order valence-corrected chi connectivity index (χ4v) is 1.96. The molecule has 0 aliphatic rings. The van der Waals surface area contributed by atoms with E-state index in [0.717, 1.165) is 18.7 Å². The van der Waals surface area contributed by atoms with Gasteiger partial charge in [0.2, 0.25) is 0 Å². The molecule has 1 aromatic carbocycles. The van der Waals surface area contributed by atoms with Crippen LogP contribution in [0.3, 0.4) is 0 Å². The molecule has 7 nitrogen and oxygen atoms in total. The number of rotatable bonds is 6. The van der Waals surface area contributed by atoms with Gasteiger partial charge >= 0.3 is 0 Å². The molecule has 0 aliphatic carbocycles. The van der Waals surface area contributed by atoms with Gasteiger partial charge in [-0.25, -0.2) is 4.98 Å². The first-order chi connectivity index (χ1) is 10.1. The SMILES string of the molecule is Cc1ccc([N+](=O)[O-])cc1C(=O)NCCCc1ncc[nH]1. The fraction of sp³-hybridized carbons (Fsp3) is 0.286. The van der Waals surface area contributed by atoms with E-state index in [9.17, 15) is 14.9 Å². The molecule has 0 aliphatic heterocycles. The van der Waals surface area contributed by atoms with Crippen molar-refractivity contribution in [1.82, 2.24) is 15.3 Å². The third kappa shape index (κ3) is 3.88. The highest BCUT2D eigenvalue weighted by Crippen LogP contribution is 2.17. The maximum atomic E-state index is 12.0. The van der Waals surface area contributed by atoms with Gasteiger partial charge in [0, 0.05) is 43.1 Å². The molecule has 2 aromatic rings. The average molecular weight is 288 g/mol. The van der Waals surface area contributed by atoms with Gasteiger partial charge in [-0.3, -0.25) is 14.9 Å². The first-order valence-electron chi connectivity index (χ1n) is 6.59. The van der Waals surface area contributed by atoms with Crippen LogP contribution < -0.4 is 5.32 Å². The van der Waals surface area contributed by atoms with Crippen LogP contribution in [0.5, 0.6) is 0 Å². The molecule has 7 heteroatoms. The molecule has 0 spiro atoms. The van der Waals surface area contributed by atoms with E-state index in [-0.39, 0.29) is 11.6 Å². The number of nitro benzene ring substituents is 1. The lowest BCUT2D eigenvalue weighted by Crippen LogP contribution is -2.25. The molecule has 0 bridgehead atoms. The zero-order chi connectivity index (χ0) is 15.2. The Kier molecular flexibility index (Phi) is 4.65. The molecule has 0 unspecified atom stereocenters. The molecule has 0 saturated heterocycles. The Morgan fingerprint density at radius 1 is 1.48 bits per heavy atom. The number of nitrogens with one attached hydrogen (secondary N) is 2. The summed E-state index contributed by atoms with van der Waals surface area (Å²) in [6.45, 7) is 2.24. The zero-order valence-electron chi connectivity index (χ0n) is 11.6. The first kappa shape index (κ1) is 14.7. The monoisotopic (exact) mass is 288 g/mol. The maximum absolute atomic E-state index is 12.0. The number of amides is 1. The predicted octanol–water partition coefficient (Wildman–Crippen LogP) is 1.99. The van der Waals surface area contributed by atoms with E-state index in [1.807, 2.05) is 0 Å². The third-order valence-corrected chi connectivity index (χ3v) is 3.11. The highest BCUT2D eigenvalue weighted by atomic mass is 16.6. The van der Waals surface area contributed by atoms with Crippen LogP contribution in [0.2, 0.25) is 0 Å². The van der Waals surface area contributed by atoms with Gasteiger partial charge in [-0.2, -0.15) is 0 Å². The van der Waals surface area contributed by atoms with Crippen molar-refractivity contribution in [3.8, 4) is 0 Å². The van der Waals surface area contributed by atoms with Gasteiger partial charge in [0.1, 0.15) is 5.82 Å². The quantitative estimate of drug-likeness (QED) is 0.482. The van der Waals surface area contributed by atoms with E-state index in [4.69, 9.17) is 0 Å². The molecule has 1 heterocycles.